The Hall–Kier alpha value is -0.880. The third-order valence-corrected chi connectivity index (χ3v) is 4.47. The van der Waals surface area contributed by atoms with Gasteiger partial charge >= 0.3 is 0 Å². The molecular formula is C15H16ClIN2O. The molecule has 0 bridgehead atoms. The summed E-state index contributed by atoms with van der Waals surface area (Å²) in [6, 6.07) is 7.75. The van der Waals surface area contributed by atoms with Crippen molar-refractivity contribution in [1.29, 1.82) is 0 Å². The summed E-state index contributed by atoms with van der Waals surface area (Å²) >= 11 is 8.44. The summed E-state index contributed by atoms with van der Waals surface area (Å²) in [5.41, 5.74) is 1.83. The first kappa shape index (κ1) is 15.5. The van der Waals surface area contributed by atoms with Crippen LogP contribution in [0, 0.1) is 3.57 Å². The number of nitrogens with zero attached hydrogens (tertiary/aromatic N) is 2. The first-order valence-corrected chi connectivity index (χ1v) is 7.95. The number of hydrogen-bond donors (Lipinski definition) is 0. The summed E-state index contributed by atoms with van der Waals surface area (Å²) in [5, 5.41) is 0.491. The molecule has 0 saturated heterocycles. The maximum absolute atomic E-state index is 6.24. The summed E-state index contributed by atoms with van der Waals surface area (Å²) in [6.07, 6.45) is 0. The summed E-state index contributed by atoms with van der Waals surface area (Å²) in [4.78, 5) is 9.06. The van der Waals surface area contributed by atoms with Crippen LogP contribution in [0.25, 0.3) is 11.4 Å². The van der Waals surface area contributed by atoms with Gasteiger partial charge in [0.1, 0.15) is 10.9 Å². The average molecular weight is 403 g/mol. The van der Waals surface area contributed by atoms with Gasteiger partial charge in [-0.2, -0.15) is 0 Å². The summed E-state index contributed by atoms with van der Waals surface area (Å²) in [6.45, 7) is 6.75. The molecule has 0 atom stereocenters. The number of aromatic nitrogens is 2. The van der Waals surface area contributed by atoms with Gasteiger partial charge in [-0.15, -0.1) is 0 Å². The van der Waals surface area contributed by atoms with E-state index in [0.29, 0.717) is 23.5 Å². The second-order valence-electron chi connectivity index (χ2n) is 4.62. The highest BCUT2D eigenvalue weighted by Gasteiger charge is 2.16. The van der Waals surface area contributed by atoms with Crippen molar-refractivity contribution >= 4 is 34.2 Å². The highest BCUT2D eigenvalue weighted by molar-refractivity contribution is 14.1. The predicted molar refractivity (Wildman–Crippen MR) is 90.5 cm³/mol. The summed E-state index contributed by atoms with van der Waals surface area (Å²) in [5.74, 6) is 1.69. The third-order valence-electron chi connectivity index (χ3n) is 2.81. The van der Waals surface area contributed by atoms with E-state index < -0.39 is 0 Å². The SMILES string of the molecule is CCOc1ccccc1-c1nc(Cl)c(I)c(C(C)C)n1. The molecular weight excluding hydrogens is 387 g/mol. The van der Waals surface area contributed by atoms with Crippen LogP contribution in [-0.4, -0.2) is 16.6 Å². The van der Waals surface area contributed by atoms with E-state index in [4.69, 9.17) is 16.3 Å². The Bertz CT molecular complexity index is 617. The van der Waals surface area contributed by atoms with Crippen molar-refractivity contribution in [2.24, 2.45) is 0 Å². The Morgan fingerprint density at radius 3 is 2.60 bits per heavy atom. The monoisotopic (exact) mass is 402 g/mol. The van der Waals surface area contributed by atoms with Gasteiger partial charge < -0.3 is 4.74 Å². The van der Waals surface area contributed by atoms with Gasteiger partial charge in [0, 0.05) is 0 Å². The number of benzene rings is 1. The molecule has 0 fully saturated rings. The lowest BCUT2D eigenvalue weighted by Crippen LogP contribution is -2.03. The van der Waals surface area contributed by atoms with Crippen LogP contribution in [0.4, 0.5) is 0 Å². The van der Waals surface area contributed by atoms with Crippen LogP contribution in [-0.2, 0) is 0 Å². The second-order valence-corrected chi connectivity index (χ2v) is 6.06. The highest BCUT2D eigenvalue weighted by atomic mass is 127. The molecule has 2 rings (SSSR count). The van der Waals surface area contributed by atoms with E-state index in [1.165, 1.54) is 0 Å². The Morgan fingerprint density at radius 2 is 1.95 bits per heavy atom. The van der Waals surface area contributed by atoms with Crippen molar-refractivity contribution in [3.05, 3.63) is 38.7 Å². The van der Waals surface area contributed by atoms with Gasteiger partial charge in [-0.1, -0.05) is 37.6 Å². The topological polar surface area (TPSA) is 35.0 Å². The standard InChI is InChI=1S/C15H16ClIN2O/c1-4-20-11-8-6-5-7-10(11)15-18-13(9(2)3)12(17)14(16)19-15/h5-9H,4H2,1-3H3. The lowest BCUT2D eigenvalue weighted by Gasteiger charge is -2.13. The molecule has 0 aliphatic rings. The largest absolute Gasteiger partial charge is 0.493 e. The fraction of sp³-hybridized carbons (Fsp3) is 0.333. The summed E-state index contributed by atoms with van der Waals surface area (Å²) < 4.78 is 6.55. The third kappa shape index (κ3) is 3.23. The zero-order valence-electron chi connectivity index (χ0n) is 11.7. The van der Waals surface area contributed by atoms with E-state index in [1.807, 2.05) is 31.2 Å². The van der Waals surface area contributed by atoms with E-state index in [0.717, 1.165) is 20.6 Å². The molecule has 1 aromatic carbocycles. The van der Waals surface area contributed by atoms with Crippen LogP contribution in [0.2, 0.25) is 5.15 Å². The molecule has 106 valence electrons. The first-order chi connectivity index (χ1) is 9.54. The number of halogens is 2. The van der Waals surface area contributed by atoms with Crippen LogP contribution < -0.4 is 4.74 Å². The molecule has 0 unspecified atom stereocenters. The van der Waals surface area contributed by atoms with E-state index in [9.17, 15) is 0 Å². The molecule has 1 aromatic heterocycles. The molecule has 2 aromatic rings. The predicted octanol–water partition coefficient (Wildman–Crippen LogP) is 4.92. The van der Waals surface area contributed by atoms with Gasteiger partial charge in [0.2, 0.25) is 0 Å². The maximum Gasteiger partial charge on any atom is 0.164 e. The molecule has 0 saturated carbocycles. The first-order valence-electron chi connectivity index (χ1n) is 6.49. The van der Waals surface area contributed by atoms with Gasteiger partial charge in [-0.3, -0.25) is 0 Å². The molecule has 0 aliphatic heterocycles. The molecule has 5 heteroatoms. The van der Waals surface area contributed by atoms with Crippen LogP contribution in [0.3, 0.4) is 0 Å². The Labute approximate surface area is 137 Å². The van der Waals surface area contributed by atoms with E-state index in [2.05, 4.69) is 46.4 Å². The Morgan fingerprint density at radius 1 is 1.25 bits per heavy atom. The fourth-order valence-electron chi connectivity index (χ4n) is 1.87. The van der Waals surface area contributed by atoms with E-state index in [-0.39, 0.29) is 0 Å². The number of ether oxygens (including phenoxy) is 1. The van der Waals surface area contributed by atoms with Crippen LogP contribution >= 0.6 is 34.2 Å². The molecule has 0 radical (unpaired) electrons. The van der Waals surface area contributed by atoms with Crippen molar-refractivity contribution in [2.75, 3.05) is 6.61 Å². The van der Waals surface area contributed by atoms with Gasteiger partial charge in [-0.25, -0.2) is 9.97 Å². The van der Waals surface area contributed by atoms with Crippen molar-refractivity contribution in [2.45, 2.75) is 26.7 Å². The molecule has 0 N–H and O–H groups in total. The van der Waals surface area contributed by atoms with Crippen molar-refractivity contribution in [1.82, 2.24) is 9.97 Å². The van der Waals surface area contributed by atoms with E-state index >= 15 is 0 Å². The lowest BCUT2D eigenvalue weighted by molar-refractivity contribution is 0.341. The number of rotatable bonds is 4. The maximum atomic E-state index is 6.24. The van der Waals surface area contributed by atoms with Gasteiger partial charge in [0.05, 0.1) is 21.4 Å². The van der Waals surface area contributed by atoms with Gasteiger partial charge in [0.25, 0.3) is 0 Å². The minimum absolute atomic E-state index is 0.292. The van der Waals surface area contributed by atoms with Gasteiger partial charge in [0.15, 0.2) is 5.82 Å². The normalized spacial score (nSPS) is 10.9. The second kappa shape index (κ2) is 6.72. The van der Waals surface area contributed by atoms with Crippen LogP contribution in [0.15, 0.2) is 24.3 Å². The molecule has 3 nitrogen and oxygen atoms in total. The van der Waals surface area contributed by atoms with Crippen molar-refractivity contribution < 1.29 is 4.74 Å². The van der Waals surface area contributed by atoms with Crippen LogP contribution in [0.1, 0.15) is 32.4 Å². The quantitative estimate of drug-likeness (QED) is 0.537. The van der Waals surface area contributed by atoms with E-state index in [1.54, 1.807) is 0 Å². The zero-order chi connectivity index (χ0) is 14.7. The minimum Gasteiger partial charge on any atom is -0.493 e. The lowest BCUT2D eigenvalue weighted by atomic mass is 10.1. The Balaban J connectivity index is 2.59. The molecule has 0 amide bonds. The number of hydrogen-bond acceptors (Lipinski definition) is 3. The molecule has 1 heterocycles. The van der Waals surface area contributed by atoms with Gasteiger partial charge in [-0.05, 0) is 47.6 Å². The molecule has 0 spiro atoms. The molecule has 20 heavy (non-hydrogen) atoms. The smallest absolute Gasteiger partial charge is 0.164 e. The zero-order valence-corrected chi connectivity index (χ0v) is 14.6. The number of para-hydroxylation sites is 1. The average Bonchev–Trinajstić information content (AvgIpc) is 2.42. The molecule has 0 aliphatic carbocycles. The van der Waals surface area contributed by atoms with Crippen molar-refractivity contribution in [3.63, 3.8) is 0 Å². The highest BCUT2D eigenvalue weighted by Crippen LogP contribution is 2.32. The van der Waals surface area contributed by atoms with Crippen LogP contribution in [0.5, 0.6) is 5.75 Å². The van der Waals surface area contributed by atoms with Crippen molar-refractivity contribution in [3.8, 4) is 17.1 Å². The fourth-order valence-corrected chi connectivity index (χ4v) is 2.91. The summed E-state index contributed by atoms with van der Waals surface area (Å²) in [7, 11) is 0. The Kier molecular flexibility index (Phi) is 5.21. The minimum atomic E-state index is 0.292.